The zero-order valence-electron chi connectivity index (χ0n) is 13.4. The van der Waals surface area contributed by atoms with Crippen LogP contribution >= 0.6 is 27.5 Å². The van der Waals surface area contributed by atoms with Crippen molar-refractivity contribution in [3.05, 3.63) is 74.8 Å². The molecule has 4 rings (SSSR count). The quantitative estimate of drug-likeness (QED) is 0.453. The van der Waals surface area contributed by atoms with Crippen LogP contribution in [-0.2, 0) is 11.3 Å². The summed E-state index contributed by atoms with van der Waals surface area (Å²) in [5.41, 5.74) is 2.29. The zero-order chi connectivity index (χ0) is 18.3. The highest BCUT2D eigenvalue weighted by molar-refractivity contribution is 9.10. The molecule has 0 saturated carbocycles. The summed E-state index contributed by atoms with van der Waals surface area (Å²) in [5.74, 6) is -0.892. The fraction of sp³-hybridized carbons (Fsp3) is 0.105. The van der Waals surface area contributed by atoms with Gasteiger partial charge < -0.3 is 0 Å². The Bertz CT molecular complexity index is 1020. The van der Waals surface area contributed by atoms with E-state index < -0.39 is 11.8 Å². The molecule has 1 aliphatic rings. The van der Waals surface area contributed by atoms with Crippen LogP contribution in [0.15, 0.2) is 53.0 Å². The Morgan fingerprint density at radius 3 is 2.42 bits per heavy atom. The maximum absolute atomic E-state index is 12.3. The summed E-state index contributed by atoms with van der Waals surface area (Å²) in [6.45, 7) is 0.134. The molecule has 1 aromatic heterocycles. The fourth-order valence-corrected chi connectivity index (χ4v) is 3.46. The number of hydroxylamine groups is 2. The van der Waals surface area contributed by atoms with Gasteiger partial charge in [0.2, 0.25) is 0 Å². The average Bonchev–Trinajstić information content (AvgIpc) is 2.87. The molecule has 7 heteroatoms. The van der Waals surface area contributed by atoms with E-state index in [-0.39, 0.29) is 6.61 Å². The highest BCUT2D eigenvalue weighted by atomic mass is 79.9. The van der Waals surface area contributed by atoms with E-state index in [2.05, 4.69) is 20.9 Å². The van der Waals surface area contributed by atoms with Crippen molar-refractivity contribution in [3.8, 4) is 0 Å². The molecule has 0 saturated heterocycles. The molecular weight excluding hydrogens is 420 g/mol. The van der Waals surface area contributed by atoms with Crippen molar-refractivity contribution >= 4 is 50.2 Å². The van der Waals surface area contributed by atoms with Gasteiger partial charge in [0, 0.05) is 16.3 Å². The van der Waals surface area contributed by atoms with E-state index in [0.717, 1.165) is 26.0 Å². The molecule has 3 aromatic rings. The Balaban J connectivity index is 1.48. The maximum Gasteiger partial charge on any atom is 0.285 e. The molecular formula is C19H12BrClN2O3. The molecule has 130 valence electrons. The topological polar surface area (TPSA) is 59.5 Å². The second-order valence-corrected chi connectivity index (χ2v) is 7.08. The second kappa shape index (κ2) is 6.79. The van der Waals surface area contributed by atoms with Crippen molar-refractivity contribution in [1.29, 1.82) is 0 Å². The zero-order valence-corrected chi connectivity index (χ0v) is 15.8. The molecule has 0 bridgehead atoms. The van der Waals surface area contributed by atoms with Crippen LogP contribution in [-0.4, -0.2) is 28.5 Å². The summed E-state index contributed by atoms with van der Waals surface area (Å²) >= 11 is 9.66. The molecule has 2 heterocycles. The molecule has 5 nitrogen and oxygen atoms in total. The third-order valence-corrected chi connectivity index (χ3v) is 4.97. The molecule has 0 radical (unpaired) electrons. The number of aromatic nitrogens is 1. The third-order valence-electron chi connectivity index (χ3n) is 4.15. The Morgan fingerprint density at radius 2 is 1.73 bits per heavy atom. The Hall–Kier alpha value is -2.28. The Morgan fingerprint density at radius 1 is 1.04 bits per heavy atom. The molecule has 0 unspecified atom stereocenters. The van der Waals surface area contributed by atoms with Crippen molar-refractivity contribution in [1.82, 2.24) is 10.0 Å². The number of carbonyl (C=O) groups excluding carboxylic acids is 2. The van der Waals surface area contributed by atoms with Gasteiger partial charge in [0.1, 0.15) is 5.15 Å². The summed E-state index contributed by atoms with van der Waals surface area (Å²) < 4.78 is 0.926. The highest BCUT2D eigenvalue weighted by Gasteiger charge is 2.36. The first-order valence-electron chi connectivity index (χ1n) is 7.90. The van der Waals surface area contributed by atoms with Crippen molar-refractivity contribution in [2.75, 3.05) is 6.61 Å². The van der Waals surface area contributed by atoms with Crippen LogP contribution < -0.4 is 0 Å². The van der Waals surface area contributed by atoms with Crippen molar-refractivity contribution in [2.45, 2.75) is 6.42 Å². The van der Waals surface area contributed by atoms with Crippen molar-refractivity contribution in [2.24, 2.45) is 0 Å². The number of amides is 2. The van der Waals surface area contributed by atoms with E-state index in [1.807, 2.05) is 24.3 Å². The normalized spacial score (nSPS) is 13.5. The van der Waals surface area contributed by atoms with Gasteiger partial charge in [-0.1, -0.05) is 45.7 Å². The summed E-state index contributed by atoms with van der Waals surface area (Å²) in [4.78, 5) is 34.3. The van der Waals surface area contributed by atoms with Crippen molar-refractivity contribution in [3.63, 3.8) is 0 Å². The van der Waals surface area contributed by atoms with E-state index in [1.165, 1.54) is 0 Å². The molecule has 26 heavy (non-hydrogen) atoms. The van der Waals surface area contributed by atoms with E-state index >= 15 is 0 Å². The van der Waals surface area contributed by atoms with Gasteiger partial charge in [-0.05, 0) is 35.9 Å². The van der Waals surface area contributed by atoms with Crippen LogP contribution in [0.4, 0.5) is 0 Å². The molecule has 2 aromatic carbocycles. The number of rotatable bonds is 4. The van der Waals surface area contributed by atoms with Crippen LogP contribution in [0.25, 0.3) is 10.9 Å². The van der Waals surface area contributed by atoms with Gasteiger partial charge in [-0.25, -0.2) is 4.98 Å². The van der Waals surface area contributed by atoms with Crippen molar-refractivity contribution < 1.29 is 14.4 Å². The monoisotopic (exact) mass is 430 g/mol. The number of pyridine rings is 1. The lowest BCUT2D eigenvalue weighted by Crippen LogP contribution is -2.30. The van der Waals surface area contributed by atoms with E-state index in [4.69, 9.17) is 16.4 Å². The van der Waals surface area contributed by atoms with E-state index in [0.29, 0.717) is 22.7 Å². The van der Waals surface area contributed by atoms with E-state index in [9.17, 15) is 9.59 Å². The number of fused-ring (bicyclic) bond motifs is 2. The Labute approximate surface area is 162 Å². The predicted octanol–water partition coefficient (Wildman–Crippen LogP) is 4.42. The number of hydrogen-bond donors (Lipinski definition) is 0. The number of benzene rings is 2. The third kappa shape index (κ3) is 3.00. The molecule has 0 fully saturated rings. The van der Waals surface area contributed by atoms with E-state index in [1.54, 1.807) is 24.3 Å². The fourth-order valence-electron chi connectivity index (χ4n) is 2.87. The number of imide groups is 1. The minimum Gasteiger partial charge on any atom is -0.266 e. The minimum atomic E-state index is -0.446. The van der Waals surface area contributed by atoms with Crippen LogP contribution in [0.1, 0.15) is 26.3 Å². The minimum absolute atomic E-state index is 0.134. The van der Waals surface area contributed by atoms with Gasteiger partial charge in [0.25, 0.3) is 11.8 Å². The summed E-state index contributed by atoms with van der Waals surface area (Å²) in [5, 5.41) is 2.14. The number of halogens is 2. The number of nitrogens with zero attached hydrogens (tertiary/aromatic N) is 2. The van der Waals surface area contributed by atoms with Crippen LogP contribution in [0.5, 0.6) is 0 Å². The lowest BCUT2D eigenvalue weighted by Gasteiger charge is -2.13. The maximum atomic E-state index is 12.3. The van der Waals surface area contributed by atoms with Gasteiger partial charge in [-0.2, -0.15) is 0 Å². The number of carbonyl (C=O) groups is 2. The largest absolute Gasteiger partial charge is 0.285 e. The molecule has 0 spiro atoms. The van der Waals surface area contributed by atoms with Crippen LogP contribution in [0.3, 0.4) is 0 Å². The molecule has 0 aliphatic carbocycles. The van der Waals surface area contributed by atoms with Crippen LogP contribution in [0.2, 0.25) is 5.15 Å². The summed E-state index contributed by atoms with van der Waals surface area (Å²) in [6.07, 6.45) is 0.422. The summed E-state index contributed by atoms with van der Waals surface area (Å²) in [7, 11) is 0. The Kier molecular flexibility index (Phi) is 4.48. The lowest BCUT2D eigenvalue weighted by molar-refractivity contribution is -0.0902. The number of hydrogen-bond acceptors (Lipinski definition) is 4. The highest BCUT2D eigenvalue weighted by Crippen LogP contribution is 2.25. The predicted molar refractivity (Wildman–Crippen MR) is 101 cm³/mol. The molecule has 1 aliphatic heterocycles. The standard InChI is InChI=1S/C19H12BrClN2O3/c20-13-6-5-11-9-12(17(21)22-16(11)10-13)7-8-26-23-18(24)14-3-1-2-4-15(14)19(23)25/h1-6,9-10H,7-8H2. The van der Waals surface area contributed by atoms with Gasteiger partial charge in [0.05, 0.1) is 23.3 Å². The summed E-state index contributed by atoms with van der Waals surface area (Å²) in [6, 6.07) is 14.3. The second-order valence-electron chi connectivity index (χ2n) is 5.81. The molecule has 2 amide bonds. The lowest BCUT2D eigenvalue weighted by atomic mass is 10.1. The van der Waals surface area contributed by atoms with Gasteiger partial charge in [0.15, 0.2) is 0 Å². The molecule has 0 N–H and O–H groups in total. The SMILES string of the molecule is O=C1c2ccccc2C(=O)N1OCCc1cc2ccc(Br)cc2nc1Cl. The first-order chi connectivity index (χ1) is 12.5. The average molecular weight is 432 g/mol. The van der Waals surface area contributed by atoms with Gasteiger partial charge in [-0.15, -0.1) is 5.06 Å². The van der Waals surface area contributed by atoms with Gasteiger partial charge in [-0.3, -0.25) is 14.4 Å². The first-order valence-corrected chi connectivity index (χ1v) is 9.07. The first kappa shape index (κ1) is 17.1. The van der Waals surface area contributed by atoms with Gasteiger partial charge >= 0.3 is 0 Å². The van der Waals surface area contributed by atoms with Crippen LogP contribution in [0, 0.1) is 0 Å². The smallest absolute Gasteiger partial charge is 0.266 e. The molecule has 0 atom stereocenters.